The molecule has 3 N–H and O–H groups in total. The molecule has 2 atom stereocenters. The van der Waals surface area contributed by atoms with E-state index in [0.717, 1.165) is 11.3 Å². The van der Waals surface area contributed by atoms with Crippen LogP contribution in [-0.2, 0) is 4.79 Å². The molecule has 0 saturated heterocycles. The first kappa shape index (κ1) is 15.5. The van der Waals surface area contributed by atoms with Crippen LogP contribution in [0, 0.1) is 6.92 Å². The van der Waals surface area contributed by atoms with Crippen LogP contribution in [0.15, 0.2) is 24.3 Å². The molecule has 2 unspecified atom stereocenters. The molecule has 0 spiro atoms. The summed E-state index contributed by atoms with van der Waals surface area (Å²) < 4.78 is 5.53. The van der Waals surface area contributed by atoms with E-state index in [1.807, 2.05) is 31.2 Å². The third kappa shape index (κ3) is 5.28. The topological polar surface area (TPSA) is 70.6 Å². The Morgan fingerprint density at radius 1 is 1.42 bits per heavy atom. The molecule has 5 nitrogen and oxygen atoms in total. The van der Waals surface area contributed by atoms with Gasteiger partial charge in [0.1, 0.15) is 18.5 Å². The SMILES string of the molecule is CNC(=O)C(C)NCC(O)COc1ccccc1C. The maximum absolute atomic E-state index is 11.3. The second kappa shape index (κ2) is 7.76. The molecular formula is C14H22N2O3. The number of carbonyl (C=O) groups excluding carboxylic acids is 1. The molecule has 0 aliphatic carbocycles. The van der Waals surface area contributed by atoms with Crippen molar-refractivity contribution in [2.45, 2.75) is 26.0 Å². The van der Waals surface area contributed by atoms with Crippen LogP contribution in [0.3, 0.4) is 0 Å². The fourth-order valence-corrected chi connectivity index (χ4v) is 1.59. The Balaban J connectivity index is 2.30. The summed E-state index contributed by atoms with van der Waals surface area (Å²) in [6.45, 7) is 4.19. The van der Waals surface area contributed by atoms with E-state index in [1.54, 1.807) is 14.0 Å². The third-order valence-corrected chi connectivity index (χ3v) is 2.82. The summed E-state index contributed by atoms with van der Waals surface area (Å²) in [4.78, 5) is 11.3. The van der Waals surface area contributed by atoms with Gasteiger partial charge in [-0.1, -0.05) is 18.2 Å². The quantitative estimate of drug-likeness (QED) is 0.670. The second-order valence-corrected chi connectivity index (χ2v) is 4.47. The smallest absolute Gasteiger partial charge is 0.236 e. The lowest BCUT2D eigenvalue weighted by Gasteiger charge is -2.17. The molecule has 0 heterocycles. The fourth-order valence-electron chi connectivity index (χ4n) is 1.59. The normalized spacial score (nSPS) is 13.7. The minimum atomic E-state index is -0.660. The fraction of sp³-hybridized carbons (Fsp3) is 0.500. The monoisotopic (exact) mass is 266 g/mol. The lowest BCUT2D eigenvalue weighted by molar-refractivity contribution is -0.122. The molecule has 0 bridgehead atoms. The van der Waals surface area contributed by atoms with Gasteiger partial charge >= 0.3 is 0 Å². The van der Waals surface area contributed by atoms with Crippen molar-refractivity contribution in [3.8, 4) is 5.75 Å². The van der Waals surface area contributed by atoms with E-state index in [0.29, 0.717) is 6.54 Å². The van der Waals surface area contributed by atoms with Gasteiger partial charge < -0.3 is 20.5 Å². The second-order valence-electron chi connectivity index (χ2n) is 4.47. The molecule has 0 radical (unpaired) electrons. The van der Waals surface area contributed by atoms with Crippen molar-refractivity contribution in [1.82, 2.24) is 10.6 Å². The zero-order valence-electron chi connectivity index (χ0n) is 11.6. The number of amides is 1. The molecular weight excluding hydrogens is 244 g/mol. The highest BCUT2D eigenvalue weighted by atomic mass is 16.5. The van der Waals surface area contributed by atoms with Crippen LogP contribution >= 0.6 is 0 Å². The molecule has 1 aromatic rings. The summed E-state index contributed by atoms with van der Waals surface area (Å²) in [6.07, 6.45) is -0.660. The van der Waals surface area contributed by atoms with Crippen LogP contribution in [0.25, 0.3) is 0 Å². The van der Waals surface area contributed by atoms with Crippen molar-refractivity contribution in [2.24, 2.45) is 0 Å². The number of para-hydroxylation sites is 1. The van der Waals surface area contributed by atoms with Gasteiger partial charge in [0.25, 0.3) is 0 Å². The van der Waals surface area contributed by atoms with Gasteiger partial charge in [-0.15, -0.1) is 0 Å². The molecule has 19 heavy (non-hydrogen) atoms. The number of rotatable bonds is 7. The number of hydrogen-bond acceptors (Lipinski definition) is 4. The zero-order chi connectivity index (χ0) is 14.3. The number of aliphatic hydroxyl groups excluding tert-OH is 1. The van der Waals surface area contributed by atoms with Crippen molar-refractivity contribution < 1.29 is 14.6 Å². The summed E-state index contributed by atoms with van der Waals surface area (Å²) in [5.74, 6) is 0.660. The molecule has 0 fully saturated rings. The summed E-state index contributed by atoms with van der Waals surface area (Å²) in [7, 11) is 1.58. The van der Waals surface area contributed by atoms with Crippen molar-refractivity contribution in [3.05, 3.63) is 29.8 Å². The number of nitrogens with one attached hydrogen (secondary N) is 2. The maximum Gasteiger partial charge on any atom is 0.236 e. The van der Waals surface area contributed by atoms with E-state index in [4.69, 9.17) is 4.74 Å². The molecule has 1 rings (SSSR count). The predicted molar refractivity (Wildman–Crippen MR) is 74.2 cm³/mol. The van der Waals surface area contributed by atoms with Crippen LogP contribution in [0.4, 0.5) is 0 Å². The highest BCUT2D eigenvalue weighted by molar-refractivity contribution is 5.80. The summed E-state index contributed by atoms with van der Waals surface area (Å²) in [5.41, 5.74) is 1.03. The highest BCUT2D eigenvalue weighted by Gasteiger charge is 2.13. The van der Waals surface area contributed by atoms with E-state index in [1.165, 1.54) is 0 Å². The molecule has 1 amide bonds. The Labute approximate surface area is 114 Å². The Hall–Kier alpha value is -1.59. The van der Waals surface area contributed by atoms with E-state index in [2.05, 4.69) is 10.6 Å². The first-order valence-electron chi connectivity index (χ1n) is 6.36. The maximum atomic E-state index is 11.3. The molecule has 0 saturated carbocycles. The number of hydrogen-bond donors (Lipinski definition) is 3. The van der Waals surface area contributed by atoms with Crippen LogP contribution in [0.5, 0.6) is 5.75 Å². The summed E-state index contributed by atoms with van der Waals surface area (Å²) in [6, 6.07) is 7.31. The van der Waals surface area contributed by atoms with Gasteiger partial charge in [-0.2, -0.15) is 0 Å². The Morgan fingerprint density at radius 3 is 2.74 bits per heavy atom. The van der Waals surface area contributed by atoms with Gasteiger partial charge in [0.05, 0.1) is 6.04 Å². The lowest BCUT2D eigenvalue weighted by Crippen LogP contribution is -2.44. The van der Waals surface area contributed by atoms with E-state index in [9.17, 15) is 9.90 Å². The number of benzene rings is 1. The molecule has 0 aliphatic rings. The summed E-state index contributed by atoms with van der Waals surface area (Å²) in [5, 5.41) is 15.3. The van der Waals surface area contributed by atoms with Crippen molar-refractivity contribution >= 4 is 5.91 Å². The van der Waals surface area contributed by atoms with E-state index in [-0.39, 0.29) is 18.6 Å². The summed E-state index contributed by atoms with van der Waals surface area (Å²) >= 11 is 0. The lowest BCUT2D eigenvalue weighted by atomic mass is 10.2. The van der Waals surface area contributed by atoms with Crippen LogP contribution < -0.4 is 15.4 Å². The van der Waals surface area contributed by atoms with Gasteiger partial charge in [0, 0.05) is 13.6 Å². The third-order valence-electron chi connectivity index (χ3n) is 2.82. The number of ether oxygens (including phenoxy) is 1. The number of carbonyl (C=O) groups is 1. The average Bonchev–Trinajstić information content (AvgIpc) is 2.42. The Bertz CT molecular complexity index is 409. The standard InChI is InChI=1S/C14H22N2O3/c1-10-6-4-5-7-13(10)19-9-12(17)8-16-11(2)14(18)15-3/h4-7,11-12,16-17H,8-9H2,1-3H3,(H,15,18). The van der Waals surface area contributed by atoms with E-state index < -0.39 is 6.10 Å². The number of aliphatic hydroxyl groups is 1. The van der Waals surface area contributed by atoms with Gasteiger partial charge in [-0.3, -0.25) is 4.79 Å². The first-order chi connectivity index (χ1) is 9.04. The molecule has 0 aromatic heterocycles. The molecule has 106 valence electrons. The minimum Gasteiger partial charge on any atom is -0.491 e. The average molecular weight is 266 g/mol. The van der Waals surface area contributed by atoms with Crippen molar-refractivity contribution in [2.75, 3.05) is 20.2 Å². The number of aryl methyl sites for hydroxylation is 1. The van der Waals surface area contributed by atoms with Gasteiger partial charge in [-0.05, 0) is 25.5 Å². The molecule has 5 heteroatoms. The Morgan fingerprint density at radius 2 is 2.11 bits per heavy atom. The molecule has 0 aliphatic heterocycles. The highest BCUT2D eigenvalue weighted by Crippen LogP contribution is 2.16. The zero-order valence-corrected chi connectivity index (χ0v) is 11.6. The Kier molecular flexibility index (Phi) is 6.32. The van der Waals surface area contributed by atoms with Crippen LogP contribution in [0.2, 0.25) is 0 Å². The van der Waals surface area contributed by atoms with Crippen molar-refractivity contribution in [1.29, 1.82) is 0 Å². The van der Waals surface area contributed by atoms with Gasteiger partial charge in [-0.25, -0.2) is 0 Å². The van der Waals surface area contributed by atoms with Crippen LogP contribution in [-0.4, -0.2) is 43.4 Å². The van der Waals surface area contributed by atoms with Gasteiger partial charge in [0.15, 0.2) is 0 Å². The minimum absolute atomic E-state index is 0.105. The first-order valence-corrected chi connectivity index (χ1v) is 6.36. The van der Waals surface area contributed by atoms with Crippen LogP contribution in [0.1, 0.15) is 12.5 Å². The van der Waals surface area contributed by atoms with Crippen molar-refractivity contribution in [3.63, 3.8) is 0 Å². The molecule has 1 aromatic carbocycles. The predicted octanol–water partition coefficient (Wildman–Crippen LogP) is 0.459. The largest absolute Gasteiger partial charge is 0.491 e. The van der Waals surface area contributed by atoms with Gasteiger partial charge in [0.2, 0.25) is 5.91 Å². The number of likely N-dealkylation sites (N-methyl/N-ethyl adjacent to an activating group) is 1. The van der Waals surface area contributed by atoms with E-state index >= 15 is 0 Å².